The fraction of sp³-hybridized carbons (Fsp3) is 0.417. The Morgan fingerprint density at radius 1 is 1.29 bits per heavy atom. The van der Waals surface area contributed by atoms with Crippen LogP contribution in [0.3, 0.4) is 0 Å². The van der Waals surface area contributed by atoms with Crippen molar-refractivity contribution in [3.8, 4) is 0 Å². The quantitative estimate of drug-likeness (QED) is 0.683. The van der Waals surface area contributed by atoms with E-state index in [-0.39, 0.29) is 0 Å². The summed E-state index contributed by atoms with van der Waals surface area (Å²) in [6, 6.07) is 10.7. The van der Waals surface area contributed by atoms with E-state index in [1.807, 2.05) is 14.1 Å². The van der Waals surface area contributed by atoms with E-state index < -0.39 is 0 Å². The standard InChI is InChI=1S/C12H15NS/c1-13(2)12(14)11-8-10(11)9-6-4-3-5-7-9/h3-7,10-11H,8H2,1-2H3/t10-,11+/m0/s1. The maximum absolute atomic E-state index is 5.37. The summed E-state index contributed by atoms with van der Waals surface area (Å²) in [7, 11) is 4.06. The van der Waals surface area contributed by atoms with Gasteiger partial charge in [0.05, 0.1) is 4.99 Å². The van der Waals surface area contributed by atoms with Crippen LogP contribution in [0.2, 0.25) is 0 Å². The summed E-state index contributed by atoms with van der Waals surface area (Å²) in [5.74, 6) is 1.27. The highest BCUT2D eigenvalue weighted by Crippen LogP contribution is 2.48. The predicted molar refractivity (Wildman–Crippen MR) is 63.6 cm³/mol. The van der Waals surface area contributed by atoms with Crippen molar-refractivity contribution >= 4 is 17.2 Å². The second kappa shape index (κ2) is 3.70. The molecular weight excluding hydrogens is 190 g/mol. The maximum atomic E-state index is 5.37. The highest BCUT2D eigenvalue weighted by molar-refractivity contribution is 7.80. The predicted octanol–water partition coefficient (Wildman–Crippen LogP) is 2.68. The molecule has 0 radical (unpaired) electrons. The van der Waals surface area contributed by atoms with Gasteiger partial charge in [-0.15, -0.1) is 0 Å². The van der Waals surface area contributed by atoms with E-state index in [1.165, 1.54) is 12.0 Å². The SMILES string of the molecule is CN(C)C(=S)[C@@H]1C[C@H]1c1ccccc1. The third-order valence-electron chi connectivity index (χ3n) is 2.78. The van der Waals surface area contributed by atoms with Crippen LogP contribution in [0.1, 0.15) is 17.9 Å². The molecule has 0 aliphatic heterocycles. The molecule has 1 aromatic carbocycles. The topological polar surface area (TPSA) is 3.24 Å². The molecule has 2 atom stereocenters. The Hall–Kier alpha value is -0.890. The Bertz CT molecular complexity index is 331. The highest BCUT2D eigenvalue weighted by Gasteiger charge is 2.41. The van der Waals surface area contributed by atoms with Gasteiger partial charge in [-0.25, -0.2) is 0 Å². The van der Waals surface area contributed by atoms with E-state index in [9.17, 15) is 0 Å². The fourth-order valence-electron chi connectivity index (χ4n) is 1.87. The van der Waals surface area contributed by atoms with Crippen molar-refractivity contribution in [1.29, 1.82) is 0 Å². The minimum absolute atomic E-state index is 0.599. The first-order chi connectivity index (χ1) is 6.70. The van der Waals surface area contributed by atoms with Gasteiger partial charge in [-0.05, 0) is 17.9 Å². The number of thiocarbonyl (C=S) groups is 1. The molecule has 2 heteroatoms. The van der Waals surface area contributed by atoms with Crippen molar-refractivity contribution in [3.63, 3.8) is 0 Å². The van der Waals surface area contributed by atoms with E-state index >= 15 is 0 Å². The van der Waals surface area contributed by atoms with Crippen LogP contribution in [-0.4, -0.2) is 24.0 Å². The molecule has 1 saturated carbocycles. The Kier molecular flexibility index (Phi) is 2.55. The molecule has 0 unspecified atom stereocenters. The summed E-state index contributed by atoms with van der Waals surface area (Å²) < 4.78 is 0. The summed E-state index contributed by atoms with van der Waals surface area (Å²) in [6.45, 7) is 0. The summed E-state index contributed by atoms with van der Waals surface area (Å²) in [6.07, 6.45) is 1.22. The molecule has 0 saturated heterocycles. The van der Waals surface area contributed by atoms with Gasteiger partial charge in [0.2, 0.25) is 0 Å². The third-order valence-corrected chi connectivity index (χ3v) is 3.44. The van der Waals surface area contributed by atoms with Crippen LogP contribution in [0.4, 0.5) is 0 Å². The number of nitrogens with zero attached hydrogens (tertiary/aromatic N) is 1. The van der Waals surface area contributed by atoms with Crippen LogP contribution in [0, 0.1) is 5.92 Å². The smallest absolute Gasteiger partial charge is 0.0811 e. The molecule has 1 aliphatic rings. The number of rotatable bonds is 2. The third kappa shape index (κ3) is 1.80. The van der Waals surface area contributed by atoms with Crippen molar-refractivity contribution in [1.82, 2.24) is 4.90 Å². The van der Waals surface area contributed by atoms with Crippen molar-refractivity contribution in [2.45, 2.75) is 12.3 Å². The van der Waals surface area contributed by atoms with Gasteiger partial charge in [0.1, 0.15) is 0 Å². The molecule has 0 heterocycles. The molecule has 2 rings (SSSR count). The molecule has 0 spiro atoms. The molecule has 1 nitrogen and oxygen atoms in total. The lowest BCUT2D eigenvalue weighted by Crippen LogP contribution is -2.21. The molecule has 14 heavy (non-hydrogen) atoms. The molecule has 74 valence electrons. The first-order valence-electron chi connectivity index (χ1n) is 4.96. The monoisotopic (exact) mass is 205 g/mol. The van der Waals surface area contributed by atoms with Gasteiger partial charge in [-0.3, -0.25) is 0 Å². The Morgan fingerprint density at radius 2 is 1.93 bits per heavy atom. The van der Waals surface area contributed by atoms with Crippen molar-refractivity contribution < 1.29 is 0 Å². The molecule has 1 fully saturated rings. The Labute approximate surface area is 90.7 Å². The molecule has 1 aromatic rings. The number of hydrogen-bond donors (Lipinski definition) is 0. The van der Waals surface area contributed by atoms with Crippen LogP contribution in [0.15, 0.2) is 30.3 Å². The van der Waals surface area contributed by atoms with E-state index in [0.29, 0.717) is 11.8 Å². The van der Waals surface area contributed by atoms with Gasteiger partial charge in [-0.2, -0.15) is 0 Å². The highest BCUT2D eigenvalue weighted by atomic mass is 32.1. The number of benzene rings is 1. The van der Waals surface area contributed by atoms with Crippen molar-refractivity contribution in [2.75, 3.05) is 14.1 Å². The lowest BCUT2D eigenvalue weighted by molar-refractivity contribution is 0.611. The van der Waals surface area contributed by atoms with E-state index in [4.69, 9.17) is 12.2 Å². The zero-order valence-corrected chi connectivity index (χ0v) is 9.42. The molecule has 0 aromatic heterocycles. The van der Waals surface area contributed by atoms with E-state index in [0.717, 1.165) is 4.99 Å². The second-order valence-electron chi connectivity index (χ2n) is 4.09. The van der Waals surface area contributed by atoms with Crippen LogP contribution >= 0.6 is 12.2 Å². The largest absolute Gasteiger partial charge is 0.372 e. The van der Waals surface area contributed by atoms with Crippen LogP contribution in [-0.2, 0) is 0 Å². The normalized spacial score (nSPS) is 24.4. The first kappa shape index (κ1) is 9.66. The number of hydrogen-bond acceptors (Lipinski definition) is 1. The average molecular weight is 205 g/mol. The minimum atomic E-state index is 0.599. The molecule has 0 N–H and O–H groups in total. The van der Waals surface area contributed by atoms with Gasteiger partial charge >= 0.3 is 0 Å². The molecule has 1 aliphatic carbocycles. The van der Waals surface area contributed by atoms with Crippen LogP contribution in [0.25, 0.3) is 0 Å². The lowest BCUT2D eigenvalue weighted by Gasteiger charge is -2.13. The summed E-state index contributed by atoms with van der Waals surface area (Å²) in [5, 5.41) is 0. The van der Waals surface area contributed by atoms with E-state index in [2.05, 4.69) is 35.2 Å². The summed E-state index contributed by atoms with van der Waals surface area (Å²) in [5.41, 5.74) is 1.43. The van der Waals surface area contributed by atoms with E-state index in [1.54, 1.807) is 0 Å². The molecular formula is C12H15NS. The zero-order valence-electron chi connectivity index (χ0n) is 8.60. The zero-order chi connectivity index (χ0) is 10.1. The Balaban J connectivity index is 2.03. The van der Waals surface area contributed by atoms with Crippen LogP contribution < -0.4 is 0 Å². The average Bonchev–Trinajstić information content (AvgIpc) is 2.97. The summed E-state index contributed by atoms with van der Waals surface area (Å²) >= 11 is 5.37. The minimum Gasteiger partial charge on any atom is -0.372 e. The van der Waals surface area contributed by atoms with Gasteiger partial charge in [0.25, 0.3) is 0 Å². The van der Waals surface area contributed by atoms with Gasteiger partial charge in [-0.1, -0.05) is 42.5 Å². The fourth-order valence-corrected chi connectivity index (χ4v) is 2.13. The van der Waals surface area contributed by atoms with Gasteiger partial charge in [0, 0.05) is 20.0 Å². The first-order valence-corrected chi connectivity index (χ1v) is 5.37. The van der Waals surface area contributed by atoms with Crippen molar-refractivity contribution in [3.05, 3.63) is 35.9 Å². The molecule has 0 amide bonds. The lowest BCUT2D eigenvalue weighted by atomic mass is 10.1. The van der Waals surface area contributed by atoms with Crippen LogP contribution in [0.5, 0.6) is 0 Å². The summed E-state index contributed by atoms with van der Waals surface area (Å²) in [4.78, 5) is 3.15. The molecule has 0 bridgehead atoms. The maximum Gasteiger partial charge on any atom is 0.0811 e. The second-order valence-corrected chi connectivity index (χ2v) is 4.51. The Morgan fingerprint density at radius 3 is 2.50 bits per heavy atom. The van der Waals surface area contributed by atoms with Gasteiger partial charge < -0.3 is 4.90 Å². The van der Waals surface area contributed by atoms with Gasteiger partial charge in [0.15, 0.2) is 0 Å². The van der Waals surface area contributed by atoms with Crippen molar-refractivity contribution in [2.24, 2.45) is 5.92 Å².